The van der Waals surface area contributed by atoms with Gasteiger partial charge in [-0.15, -0.1) is 0 Å². The van der Waals surface area contributed by atoms with Crippen molar-refractivity contribution >= 4 is 34.1 Å². The molecule has 2 aliphatic heterocycles. The molecular formula is C25H32ClN3O3. The molecule has 1 aliphatic carbocycles. The van der Waals surface area contributed by atoms with E-state index in [1.165, 1.54) is 0 Å². The van der Waals surface area contributed by atoms with E-state index in [-0.39, 0.29) is 22.8 Å². The third kappa shape index (κ3) is 3.92. The first kappa shape index (κ1) is 22.1. The minimum Gasteiger partial charge on any atom is -0.389 e. The molecule has 2 aromatic rings. The molecule has 2 N–H and O–H groups in total. The van der Waals surface area contributed by atoms with Crippen LogP contribution >= 0.6 is 11.6 Å². The molecule has 1 aromatic carbocycles. The van der Waals surface area contributed by atoms with Gasteiger partial charge in [-0.2, -0.15) is 0 Å². The van der Waals surface area contributed by atoms with E-state index >= 15 is 0 Å². The molecule has 32 heavy (non-hydrogen) atoms. The van der Waals surface area contributed by atoms with Crippen LogP contribution in [0, 0.1) is 11.3 Å². The summed E-state index contributed by atoms with van der Waals surface area (Å²) in [6, 6.07) is 6.09. The number of fused-ring (bicyclic) bond motifs is 1. The summed E-state index contributed by atoms with van der Waals surface area (Å²) >= 11 is 6.68. The van der Waals surface area contributed by atoms with E-state index < -0.39 is 6.10 Å². The van der Waals surface area contributed by atoms with Crippen molar-refractivity contribution in [1.29, 1.82) is 0 Å². The Hall–Kier alpha value is -1.73. The molecule has 172 valence electrons. The van der Waals surface area contributed by atoms with Gasteiger partial charge in [-0.1, -0.05) is 25.4 Å². The molecular weight excluding hydrogens is 426 g/mol. The van der Waals surface area contributed by atoms with E-state index in [1.807, 2.05) is 12.1 Å². The first-order valence-electron chi connectivity index (χ1n) is 11.6. The smallest absolute Gasteiger partial charge is 0.229 e. The van der Waals surface area contributed by atoms with Gasteiger partial charge >= 0.3 is 0 Å². The minimum absolute atomic E-state index is 0.0509. The van der Waals surface area contributed by atoms with E-state index in [0.717, 1.165) is 53.7 Å². The summed E-state index contributed by atoms with van der Waals surface area (Å²) in [5, 5.41) is 16.1. The van der Waals surface area contributed by atoms with Crippen LogP contribution in [0.15, 0.2) is 24.4 Å². The molecule has 7 heteroatoms. The highest BCUT2D eigenvalue weighted by atomic mass is 35.5. The van der Waals surface area contributed by atoms with Crippen LogP contribution in [-0.4, -0.2) is 58.8 Å². The number of rotatable bonds is 4. The Labute approximate surface area is 194 Å². The number of amides is 1. The molecule has 0 bridgehead atoms. The lowest BCUT2D eigenvalue weighted by atomic mass is 9.85. The van der Waals surface area contributed by atoms with E-state index in [2.05, 4.69) is 42.0 Å². The number of nitrogens with one attached hydrogen (secondary N) is 1. The molecule has 1 saturated carbocycles. The van der Waals surface area contributed by atoms with Gasteiger partial charge in [0.1, 0.15) is 5.82 Å². The number of carbonyl (C=O) groups is 1. The first-order valence-corrected chi connectivity index (χ1v) is 12.0. The molecule has 6 nitrogen and oxygen atoms in total. The van der Waals surface area contributed by atoms with Gasteiger partial charge in [0.05, 0.1) is 24.9 Å². The van der Waals surface area contributed by atoms with Crippen LogP contribution in [0.1, 0.15) is 51.5 Å². The minimum atomic E-state index is -0.439. The van der Waals surface area contributed by atoms with Crippen molar-refractivity contribution in [3.63, 3.8) is 0 Å². The standard InChI is InChI=1S/C25H32ClN3O3/c1-24(2)11-19(24)23(31)28-22-10-16-8-18(20(26)9-17(16)12-27-22)15-4-6-29(7-5-15)25(3)14-32-13-21(25)30/h8-10,12,15,19,21,30H,4-7,11,13-14H2,1-3H3,(H,27,28,31)/t19-,21+,25-/m0/s1. The highest BCUT2D eigenvalue weighted by Crippen LogP contribution is 2.52. The van der Waals surface area contributed by atoms with Gasteiger partial charge in [0, 0.05) is 22.5 Å². The second-order valence-electron chi connectivity index (χ2n) is 10.7. The van der Waals surface area contributed by atoms with Gasteiger partial charge in [-0.3, -0.25) is 9.69 Å². The lowest BCUT2D eigenvalue weighted by Gasteiger charge is -2.43. The number of hydrogen-bond donors (Lipinski definition) is 2. The fraction of sp³-hybridized carbons (Fsp3) is 0.600. The lowest BCUT2D eigenvalue weighted by molar-refractivity contribution is -0.118. The van der Waals surface area contributed by atoms with E-state index in [1.54, 1.807) is 6.20 Å². The van der Waals surface area contributed by atoms with Crippen molar-refractivity contribution in [2.24, 2.45) is 11.3 Å². The Morgan fingerprint density at radius 2 is 1.94 bits per heavy atom. The summed E-state index contributed by atoms with van der Waals surface area (Å²) in [7, 11) is 0. The molecule has 1 aromatic heterocycles. The SMILES string of the molecule is CC1(C)C[C@H]1C(=O)Nc1cc2cc(C3CCN([C@@]4(C)COC[C@H]4O)CC3)c(Cl)cc2cn1. The Morgan fingerprint density at radius 3 is 2.56 bits per heavy atom. The Bertz CT molecular complexity index is 1050. The van der Waals surface area contributed by atoms with Gasteiger partial charge in [0.25, 0.3) is 0 Å². The maximum absolute atomic E-state index is 12.5. The highest BCUT2D eigenvalue weighted by Gasteiger charge is 2.50. The third-order valence-corrected chi connectivity index (χ3v) is 8.29. The molecule has 5 rings (SSSR count). The van der Waals surface area contributed by atoms with Gasteiger partial charge in [-0.05, 0) is 79.8 Å². The number of pyridine rings is 1. The predicted molar refractivity (Wildman–Crippen MR) is 126 cm³/mol. The summed E-state index contributed by atoms with van der Waals surface area (Å²) in [4.78, 5) is 19.3. The van der Waals surface area contributed by atoms with Crippen LogP contribution in [0.5, 0.6) is 0 Å². The lowest BCUT2D eigenvalue weighted by Crippen LogP contribution is -2.56. The Kier molecular flexibility index (Phi) is 5.48. The molecule has 3 atom stereocenters. The van der Waals surface area contributed by atoms with Crippen molar-refractivity contribution in [1.82, 2.24) is 9.88 Å². The molecule has 0 unspecified atom stereocenters. The average molecular weight is 458 g/mol. The van der Waals surface area contributed by atoms with Gasteiger partial charge in [0.15, 0.2) is 0 Å². The normalized spacial score (nSPS) is 30.5. The van der Waals surface area contributed by atoms with E-state index in [9.17, 15) is 9.90 Å². The second kappa shape index (κ2) is 7.94. The van der Waals surface area contributed by atoms with Crippen molar-refractivity contribution < 1.29 is 14.6 Å². The van der Waals surface area contributed by atoms with Crippen molar-refractivity contribution in [2.75, 3.05) is 31.6 Å². The molecule has 3 heterocycles. The number of aliphatic hydroxyl groups is 1. The summed E-state index contributed by atoms with van der Waals surface area (Å²) < 4.78 is 5.52. The molecule has 1 amide bonds. The van der Waals surface area contributed by atoms with Crippen LogP contribution < -0.4 is 5.32 Å². The van der Waals surface area contributed by atoms with Crippen molar-refractivity contribution in [3.05, 3.63) is 35.0 Å². The summed E-state index contributed by atoms with van der Waals surface area (Å²) in [6.45, 7) is 9.14. The van der Waals surface area contributed by atoms with Crippen LogP contribution in [0.4, 0.5) is 5.82 Å². The maximum atomic E-state index is 12.5. The molecule has 3 fully saturated rings. The number of anilines is 1. The van der Waals surface area contributed by atoms with E-state index in [0.29, 0.717) is 24.9 Å². The van der Waals surface area contributed by atoms with Gasteiger partial charge in [0.2, 0.25) is 5.91 Å². The highest BCUT2D eigenvalue weighted by molar-refractivity contribution is 6.32. The number of likely N-dealkylation sites (tertiary alicyclic amines) is 1. The number of piperidine rings is 1. The number of hydrogen-bond acceptors (Lipinski definition) is 5. The monoisotopic (exact) mass is 457 g/mol. The van der Waals surface area contributed by atoms with Crippen LogP contribution in [0.3, 0.4) is 0 Å². The third-order valence-electron chi connectivity index (χ3n) is 7.96. The zero-order valence-corrected chi connectivity index (χ0v) is 19.8. The topological polar surface area (TPSA) is 74.7 Å². The number of carbonyl (C=O) groups excluding carboxylic acids is 1. The number of ether oxygens (including phenoxy) is 1. The zero-order chi connectivity index (χ0) is 22.7. The molecule has 3 aliphatic rings. The van der Waals surface area contributed by atoms with Crippen LogP contribution in [0.25, 0.3) is 10.8 Å². The summed E-state index contributed by atoms with van der Waals surface area (Å²) in [5.74, 6) is 1.08. The summed E-state index contributed by atoms with van der Waals surface area (Å²) in [6.07, 6.45) is 4.24. The fourth-order valence-corrected chi connectivity index (χ4v) is 5.68. The largest absolute Gasteiger partial charge is 0.389 e. The maximum Gasteiger partial charge on any atom is 0.229 e. The number of halogens is 1. The van der Waals surface area contributed by atoms with Gasteiger partial charge in [-0.25, -0.2) is 4.98 Å². The second-order valence-corrected chi connectivity index (χ2v) is 11.1. The number of aromatic nitrogens is 1. The fourth-order valence-electron chi connectivity index (χ4n) is 5.35. The van der Waals surface area contributed by atoms with E-state index in [4.69, 9.17) is 16.3 Å². The first-order chi connectivity index (χ1) is 15.2. The molecule has 2 saturated heterocycles. The van der Waals surface area contributed by atoms with Crippen molar-refractivity contribution in [3.8, 4) is 0 Å². The number of benzene rings is 1. The predicted octanol–water partition coefficient (Wildman–Crippen LogP) is 4.20. The number of nitrogens with zero attached hydrogens (tertiary/aromatic N) is 2. The Balaban J connectivity index is 1.32. The van der Waals surface area contributed by atoms with Crippen LogP contribution in [-0.2, 0) is 9.53 Å². The quantitative estimate of drug-likeness (QED) is 0.719. The van der Waals surface area contributed by atoms with Gasteiger partial charge < -0.3 is 15.2 Å². The molecule has 0 spiro atoms. The van der Waals surface area contributed by atoms with Crippen molar-refractivity contribution in [2.45, 2.75) is 57.6 Å². The number of aliphatic hydroxyl groups excluding tert-OH is 1. The Morgan fingerprint density at radius 1 is 1.22 bits per heavy atom. The zero-order valence-electron chi connectivity index (χ0n) is 19.0. The summed E-state index contributed by atoms with van der Waals surface area (Å²) in [5.41, 5.74) is 0.945. The average Bonchev–Trinajstić information content (AvgIpc) is 3.28. The van der Waals surface area contributed by atoms with Crippen LogP contribution in [0.2, 0.25) is 5.02 Å². The molecule has 0 radical (unpaired) electrons.